The molecule has 1 heterocycles. The lowest BCUT2D eigenvalue weighted by atomic mass is 9.98. The molecule has 0 saturated heterocycles. The Morgan fingerprint density at radius 1 is 1.23 bits per heavy atom. The third-order valence-corrected chi connectivity index (χ3v) is 4.02. The highest BCUT2D eigenvalue weighted by Crippen LogP contribution is 2.27. The SMILES string of the molecule is COC(=O)c1ccc(CN2CC(N)Cc3ccccc32)cc1. The average Bonchev–Trinajstić information content (AvgIpc) is 2.54. The Kier molecular flexibility index (Phi) is 4.11. The molecule has 114 valence electrons. The van der Waals surface area contributed by atoms with Crippen molar-refractivity contribution >= 4 is 11.7 Å². The Morgan fingerprint density at radius 2 is 1.95 bits per heavy atom. The molecule has 0 fully saturated rings. The lowest BCUT2D eigenvalue weighted by molar-refractivity contribution is 0.0600. The lowest BCUT2D eigenvalue weighted by Crippen LogP contribution is -2.42. The molecule has 0 aromatic heterocycles. The molecule has 2 aromatic rings. The Labute approximate surface area is 130 Å². The average molecular weight is 296 g/mol. The number of anilines is 1. The van der Waals surface area contributed by atoms with E-state index in [1.165, 1.54) is 18.4 Å². The van der Waals surface area contributed by atoms with Gasteiger partial charge in [0, 0.05) is 24.8 Å². The van der Waals surface area contributed by atoms with Gasteiger partial charge in [0.2, 0.25) is 0 Å². The Hall–Kier alpha value is -2.33. The van der Waals surface area contributed by atoms with Crippen molar-refractivity contribution in [3.05, 3.63) is 65.2 Å². The number of ether oxygens (including phenoxy) is 1. The van der Waals surface area contributed by atoms with Crippen LogP contribution < -0.4 is 10.6 Å². The summed E-state index contributed by atoms with van der Waals surface area (Å²) in [6, 6.07) is 16.1. The monoisotopic (exact) mass is 296 g/mol. The standard InChI is InChI=1S/C18H20N2O2/c1-22-18(21)14-8-6-13(7-9-14)11-20-12-16(19)10-15-4-2-3-5-17(15)20/h2-9,16H,10-12,19H2,1H3. The van der Waals surface area contributed by atoms with Gasteiger partial charge in [-0.25, -0.2) is 4.79 Å². The maximum Gasteiger partial charge on any atom is 0.337 e. The number of nitrogens with two attached hydrogens (primary N) is 1. The van der Waals surface area contributed by atoms with E-state index in [0.29, 0.717) is 5.56 Å². The van der Waals surface area contributed by atoms with Crippen LogP contribution in [0.2, 0.25) is 0 Å². The van der Waals surface area contributed by atoms with Gasteiger partial charge in [0.05, 0.1) is 12.7 Å². The molecule has 2 N–H and O–H groups in total. The van der Waals surface area contributed by atoms with Crippen LogP contribution in [0.1, 0.15) is 21.5 Å². The number of benzene rings is 2. The zero-order chi connectivity index (χ0) is 15.5. The summed E-state index contributed by atoms with van der Waals surface area (Å²) in [5, 5.41) is 0. The molecule has 3 rings (SSSR count). The fourth-order valence-electron chi connectivity index (χ4n) is 2.95. The minimum Gasteiger partial charge on any atom is -0.465 e. The number of methoxy groups -OCH3 is 1. The highest BCUT2D eigenvalue weighted by molar-refractivity contribution is 5.89. The Morgan fingerprint density at radius 3 is 2.68 bits per heavy atom. The van der Waals surface area contributed by atoms with Crippen molar-refractivity contribution < 1.29 is 9.53 Å². The number of para-hydroxylation sites is 1. The van der Waals surface area contributed by atoms with E-state index in [2.05, 4.69) is 29.2 Å². The van der Waals surface area contributed by atoms with Crippen LogP contribution in [-0.2, 0) is 17.7 Å². The fourth-order valence-corrected chi connectivity index (χ4v) is 2.95. The van der Waals surface area contributed by atoms with Crippen LogP contribution >= 0.6 is 0 Å². The van der Waals surface area contributed by atoms with Crippen molar-refractivity contribution in [3.8, 4) is 0 Å². The van der Waals surface area contributed by atoms with E-state index in [-0.39, 0.29) is 12.0 Å². The Balaban J connectivity index is 1.80. The number of nitrogens with zero attached hydrogens (tertiary/aromatic N) is 1. The van der Waals surface area contributed by atoms with Gasteiger partial charge in [0.15, 0.2) is 0 Å². The van der Waals surface area contributed by atoms with Crippen LogP contribution in [0.5, 0.6) is 0 Å². The number of hydrogen-bond donors (Lipinski definition) is 1. The van der Waals surface area contributed by atoms with Gasteiger partial charge in [0.1, 0.15) is 0 Å². The summed E-state index contributed by atoms with van der Waals surface area (Å²) in [6.45, 7) is 1.63. The minimum absolute atomic E-state index is 0.157. The molecule has 0 spiro atoms. The van der Waals surface area contributed by atoms with E-state index in [4.69, 9.17) is 10.5 Å². The van der Waals surface area contributed by atoms with Crippen LogP contribution in [0.4, 0.5) is 5.69 Å². The number of rotatable bonds is 3. The molecule has 1 unspecified atom stereocenters. The largest absolute Gasteiger partial charge is 0.465 e. The molecular formula is C18H20N2O2. The molecule has 0 radical (unpaired) electrons. The van der Waals surface area contributed by atoms with Crippen LogP contribution in [-0.4, -0.2) is 25.7 Å². The second-order valence-corrected chi connectivity index (χ2v) is 5.66. The molecule has 1 atom stereocenters. The highest BCUT2D eigenvalue weighted by atomic mass is 16.5. The van der Waals surface area contributed by atoms with Gasteiger partial charge >= 0.3 is 5.97 Å². The topological polar surface area (TPSA) is 55.6 Å². The number of carbonyl (C=O) groups excluding carboxylic acids is 1. The quantitative estimate of drug-likeness (QED) is 0.884. The zero-order valence-corrected chi connectivity index (χ0v) is 12.7. The summed E-state index contributed by atoms with van der Waals surface area (Å²) in [5.41, 5.74) is 10.4. The third kappa shape index (κ3) is 2.97. The predicted molar refractivity (Wildman–Crippen MR) is 87.0 cm³/mol. The smallest absolute Gasteiger partial charge is 0.337 e. The van der Waals surface area contributed by atoms with Gasteiger partial charge in [-0.3, -0.25) is 0 Å². The van der Waals surface area contributed by atoms with Crippen LogP contribution in [0, 0.1) is 0 Å². The first-order valence-electron chi connectivity index (χ1n) is 7.43. The van der Waals surface area contributed by atoms with Crippen molar-refractivity contribution in [1.82, 2.24) is 0 Å². The summed E-state index contributed by atoms with van der Waals surface area (Å²) >= 11 is 0. The first-order valence-corrected chi connectivity index (χ1v) is 7.43. The van der Waals surface area contributed by atoms with E-state index in [9.17, 15) is 4.79 Å². The fraction of sp³-hybridized carbons (Fsp3) is 0.278. The van der Waals surface area contributed by atoms with E-state index < -0.39 is 0 Å². The lowest BCUT2D eigenvalue weighted by Gasteiger charge is -2.34. The van der Waals surface area contributed by atoms with Gasteiger partial charge < -0.3 is 15.4 Å². The number of esters is 1. The molecule has 0 aliphatic carbocycles. The van der Waals surface area contributed by atoms with Crippen molar-refractivity contribution in [2.24, 2.45) is 5.73 Å². The molecule has 4 nitrogen and oxygen atoms in total. The summed E-state index contributed by atoms with van der Waals surface area (Å²) in [6.07, 6.45) is 0.925. The highest BCUT2D eigenvalue weighted by Gasteiger charge is 2.21. The number of carbonyl (C=O) groups is 1. The maximum atomic E-state index is 11.5. The van der Waals surface area contributed by atoms with Crippen molar-refractivity contribution in [2.75, 3.05) is 18.6 Å². The van der Waals surface area contributed by atoms with Crippen molar-refractivity contribution in [1.29, 1.82) is 0 Å². The van der Waals surface area contributed by atoms with Crippen molar-refractivity contribution in [2.45, 2.75) is 19.0 Å². The molecule has 4 heteroatoms. The normalized spacial score (nSPS) is 17.0. The first kappa shape index (κ1) is 14.6. The van der Waals surface area contributed by atoms with E-state index in [0.717, 1.165) is 25.1 Å². The predicted octanol–water partition coefficient (Wildman–Crippen LogP) is 2.36. The molecule has 0 saturated carbocycles. The molecule has 22 heavy (non-hydrogen) atoms. The number of fused-ring (bicyclic) bond motifs is 1. The second-order valence-electron chi connectivity index (χ2n) is 5.66. The summed E-state index contributed by atoms with van der Waals surface area (Å²) < 4.78 is 4.72. The molecule has 1 aliphatic heterocycles. The molecule has 0 bridgehead atoms. The van der Waals surface area contributed by atoms with Crippen LogP contribution in [0.15, 0.2) is 48.5 Å². The zero-order valence-electron chi connectivity index (χ0n) is 12.7. The van der Waals surface area contributed by atoms with Gasteiger partial charge in [-0.05, 0) is 35.7 Å². The summed E-state index contributed by atoms with van der Waals surface area (Å²) in [5.74, 6) is -0.308. The Bertz CT molecular complexity index is 667. The third-order valence-electron chi connectivity index (χ3n) is 4.02. The molecule has 2 aromatic carbocycles. The second kappa shape index (κ2) is 6.20. The van der Waals surface area contributed by atoms with Gasteiger partial charge in [-0.1, -0.05) is 30.3 Å². The number of hydrogen-bond acceptors (Lipinski definition) is 4. The molecular weight excluding hydrogens is 276 g/mol. The molecule has 0 amide bonds. The van der Waals surface area contributed by atoms with E-state index in [1.54, 1.807) is 12.1 Å². The summed E-state index contributed by atoms with van der Waals surface area (Å²) in [7, 11) is 1.39. The van der Waals surface area contributed by atoms with Crippen molar-refractivity contribution in [3.63, 3.8) is 0 Å². The van der Waals surface area contributed by atoms with Gasteiger partial charge in [0.25, 0.3) is 0 Å². The van der Waals surface area contributed by atoms with Gasteiger partial charge in [-0.15, -0.1) is 0 Å². The molecule has 1 aliphatic rings. The minimum atomic E-state index is -0.308. The van der Waals surface area contributed by atoms with Crippen LogP contribution in [0.25, 0.3) is 0 Å². The van der Waals surface area contributed by atoms with Gasteiger partial charge in [-0.2, -0.15) is 0 Å². The first-order chi connectivity index (χ1) is 10.7. The van der Waals surface area contributed by atoms with Crippen LogP contribution in [0.3, 0.4) is 0 Å². The maximum absolute atomic E-state index is 11.5. The van der Waals surface area contributed by atoms with E-state index >= 15 is 0 Å². The summed E-state index contributed by atoms with van der Waals surface area (Å²) in [4.78, 5) is 13.8. The van der Waals surface area contributed by atoms with E-state index in [1.807, 2.05) is 12.1 Å².